The summed E-state index contributed by atoms with van der Waals surface area (Å²) in [6, 6.07) is 9.15. The average Bonchev–Trinajstić information content (AvgIpc) is 2.86. The predicted octanol–water partition coefficient (Wildman–Crippen LogP) is 3.18. The first-order valence-electron chi connectivity index (χ1n) is 5.25. The van der Waals surface area contributed by atoms with Gasteiger partial charge in [-0.25, -0.2) is 4.79 Å². The molecular weight excluding hydrogens is 270 g/mol. The van der Waals surface area contributed by atoms with Crippen LogP contribution in [0.15, 0.2) is 45.9 Å². The minimum atomic E-state index is -1.11. The molecule has 1 aromatic carbocycles. The van der Waals surface area contributed by atoms with E-state index in [-0.39, 0.29) is 11.4 Å². The fourth-order valence-electron chi connectivity index (χ4n) is 1.38. The molecule has 0 bridgehead atoms. The number of thioether (sulfide) groups is 1. The van der Waals surface area contributed by atoms with Crippen LogP contribution in [0.2, 0.25) is 0 Å². The van der Waals surface area contributed by atoms with Gasteiger partial charge < -0.3 is 9.52 Å². The molecule has 2 aromatic rings. The highest BCUT2D eigenvalue weighted by molar-refractivity contribution is 7.98. The smallest absolute Gasteiger partial charge is 0.371 e. The Labute approximate surface area is 112 Å². The maximum Gasteiger partial charge on any atom is 0.371 e. The molecule has 1 N–H and O–H groups in total. The Balaban J connectivity index is 1.97. The van der Waals surface area contributed by atoms with Gasteiger partial charge in [-0.1, -0.05) is 23.9 Å². The summed E-state index contributed by atoms with van der Waals surface area (Å²) < 4.78 is 5.08. The van der Waals surface area contributed by atoms with Crippen molar-refractivity contribution in [1.82, 2.24) is 0 Å². The van der Waals surface area contributed by atoms with E-state index in [1.54, 1.807) is 18.2 Å². The first-order chi connectivity index (χ1) is 9.06. The number of carbonyl (C=O) groups is 1. The van der Waals surface area contributed by atoms with E-state index in [0.29, 0.717) is 10.8 Å². The number of nitro groups is 1. The van der Waals surface area contributed by atoms with Crippen LogP contribution in [0, 0.1) is 10.1 Å². The number of non-ortho nitro benzene ring substituents is 1. The molecule has 98 valence electrons. The molecule has 6 nitrogen and oxygen atoms in total. The lowest BCUT2D eigenvalue weighted by Crippen LogP contribution is -1.91. The molecule has 0 fully saturated rings. The zero-order chi connectivity index (χ0) is 13.8. The lowest BCUT2D eigenvalue weighted by atomic mass is 10.2. The van der Waals surface area contributed by atoms with Gasteiger partial charge in [0.2, 0.25) is 5.76 Å². The zero-order valence-corrected chi connectivity index (χ0v) is 10.4. The van der Waals surface area contributed by atoms with Gasteiger partial charge in [0, 0.05) is 17.9 Å². The minimum Gasteiger partial charge on any atom is -0.475 e. The first-order valence-corrected chi connectivity index (χ1v) is 6.24. The van der Waals surface area contributed by atoms with Crippen molar-refractivity contribution >= 4 is 23.4 Å². The number of nitro benzene ring substituents is 1. The third-order valence-corrected chi connectivity index (χ3v) is 3.30. The molecule has 2 rings (SSSR count). The highest BCUT2D eigenvalue weighted by Crippen LogP contribution is 2.25. The van der Waals surface area contributed by atoms with Crippen molar-refractivity contribution in [2.75, 3.05) is 0 Å². The van der Waals surface area contributed by atoms with Crippen molar-refractivity contribution in [1.29, 1.82) is 0 Å². The Morgan fingerprint density at radius 1 is 1.26 bits per heavy atom. The molecule has 0 unspecified atom stereocenters. The van der Waals surface area contributed by atoms with E-state index in [1.165, 1.54) is 30.0 Å². The molecule has 1 aromatic heterocycles. The van der Waals surface area contributed by atoms with Gasteiger partial charge in [-0.05, 0) is 17.7 Å². The fraction of sp³-hybridized carbons (Fsp3) is 0.0833. The second kappa shape index (κ2) is 5.57. The van der Waals surface area contributed by atoms with E-state index in [0.717, 1.165) is 5.56 Å². The van der Waals surface area contributed by atoms with Crippen molar-refractivity contribution in [2.24, 2.45) is 0 Å². The normalized spacial score (nSPS) is 10.3. The summed E-state index contributed by atoms with van der Waals surface area (Å²) in [5.74, 6) is -0.668. The van der Waals surface area contributed by atoms with Crippen LogP contribution in [-0.4, -0.2) is 16.0 Å². The van der Waals surface area contributed by atoms with Crippen molar-refractivity contribution in [2.45, 2.75) is 10.8 Å². The minimum absolute atomic E-state index is 0.0416. The fourth-order valence-corrected chi connectivity index (χ4v) is 2.20. The number of carboxylic acid groups (broad SMARTS) is 1. The molecular formula is C12H9NO5S. The molecule has 0 aliphatic rings. The monoisotopic (exact) mass is 279 g/mol. The molecule has 0 spiro atoms. The summed E-state index contributed by atoms with van der Waals surface area (Å²) in [7, 11) is 0. The van der Waals surface area contributed by atoms with Gasteiger partial charge in [0.05, 0.1) is 4.92 Å². The molecule has 0 atom stereocenters. The van der Waals surface area contributed by atoms with E-state index in [9.17, 15) is 14.9 Å². The summed E-state index contributed by atoms with van der Waals surface area (Å²) in [4.78, 5) is 20.7. The molecule has 19 heavy (non-hydrogen) atoms. The Kier molecular flexibility index (Phi) is 3.86. The van der Waals surface area contributed by atoms with Gasteiger partial charge >= 0.3 is 5.97 Å². The summed E-state index contributed by atoms with van der Waals surface area (Å²) in [5.41, 5.74) is 0.934. The Morgan fingerprint density at radius 3 is 2.47 bits per heavy atom. The van der Waals surface area contributed by atoms with Crippen LogP contribution in [-0.2, 0) is 5.75 Å². The number of carboxylic acids is 1. The Bertz CT molecular complexity index is 605. The number of rotatable bonds is 5. The number of hydrogen-bond donors (Lipinski definition) is 1. The van der Waals surface area contributed by atoms with Gasteiger partial charge in [-0.15, -0.1) is 0 Å². The van der Waals surface area contributed by atoms with Crippen LogP contribution in [0.4, 0.5) is 5.69 Å². The molecule has 0 aliphatic carbocycles. The third-order valence-electron chi connectivity index (χ3n) is 2.32. The lowest BCUT2D eigenvalue weighted by Gasteiger charge is -1.99. The number of benzene rings is 1. The molecule has 0 aliphatic heterocycles. The second-order valence-electron chi connectivity index (χ2n) is 3.64. The summed E-state index contributed by atoms with van der Waals surface area (Å²) >= 11 is 1.33. The topological polar surface area (TPSA) is 93.6 Å². The summed E-state index contributed by atoms with van der Waals surface area (Å²) in [6.07, 6.45) is 0. The Hall–Kier alpha value is -2.28. The van der Waals surface area contributed by atoms with Crippen LogP contribution in [0.3, 0.4) is 0 Å². The van der Waals surface area contributed by atoms with Gasteiger partial charge in [0.25, 0.3) is 5.69 Å². The maximum absolute atomic E-state index is 10.6. The number of nitrogens with zero attached hydrogens (tertiary/aromatic N) is 1. The van der Waals surface area contributed by atoms with Gasteiger partial charge in [-0.3, -0.25) is 10.1 Å². The quantitative estimate of drug-likeness (QED) is 0.513. The number of hydrogen-bond acceptors (Lipinski definition) is 5. The van der Waals surface area contributed by atoms with Crippen LogP contribution < -0.4 is 0 Å². The molecule has 7 heteroatoms. The van der Waals surface area contributed by atoms with E-state index in [1.807, 2.05) is 0 Å². The third kappa shape index (κ3) is 3.35. The average molecular weight is 279 g/mol. The van der Waals surface area contributed by atoms with Crippen molar-refractivity contribution in [3.8, 4) is 0 Å². The molecule has 0 amide bonds. The van der Waals surface area contributed by atoms with Crippen LogP contribution >= 0.6 is 11.8 Å². The highest BCUT2D eigenvalue weighted by Gasteiger charge is 2.09. The van der Waals surface area contributed by atoms with E-state index in [4.69, 9.17) is 9.52 Å². The maximum atomic E-state index is 10.6. The summed E-state index contributed by atoms with van der Waals surface area (Å²) in [5, 5.41) is 19.7. The second-order valence-corrected chi connectivity index (χ2v) is 4.62. The molecule has 1 heterocycles. The molecule has 0 saturated heterocycles. The lowest BCUT2D eigenvalue weighted by molar-refractivity contribution is -0.384. The van der Waals surface area contributed by atoms with E-state index in [2.05, 4.69) is 0 Å². The van der Waals surface area contributed by atoms with E-state index >= 15 is 0 Å². The SMILES string of the molecule is O=C(O)c1ccc(SCc2ccc([N+](=O)[O-])cc2)o1. The van der Waals surface area contributed by atoms with Crippen LogP contribution in [0.5, 0.6) is 0 Å². The largest absolute Gasteiger partial charge is 0.475 e. The number of furan rings is 1. The summed E-state index contributed by atoms with van der Waals surface area (Å²) in [6.45, 7) is 0. The standard InChI is InChI=1S/C12H9NO5S/c14-12(15)10-5-6-11(18-10)19-7-8-1-3-9(4-2-8)13(16)17/h1-6H,7H2,(H,14,15). The van der Waals surface area contributed by atoms with Crippen molar-refractivity contribution < 1.29 is 19.2 Å². The molecule has 0 radical (unpaired) electrons. The predicted molar refractivity (Wildman–Crippen MR) is 68.3 cm³/mol. The van der Waals surface area contributed by atoms with Crippen LogP contribution in [0.1, 0.15) is 16.1 Å². The zero-order valence-electron chi connectivity index (χ0n) is 9.61. The van der Waals surface area contributed by atoms with Gasteiger partial charge in [-0.2, -0.15) is 0 Å². The number of aromatic carboxylic acids is 1. The van der Waals surface area contributed by atoms with Crippen LogP contribution in [0.25, 0.3) is 0 Å². The van der Waals surface area contributed by atoms with Crippen molar-refractivity contribution in [3.63, 3.8) is 0 Å². The van der Waals surface area contributed by atoms with Gasteiger partial charge in [0.1, 0.15) is 0 Å². The molecule has 0 saturated carbocycles. The van der Waals surface area contributed by atoms with Gasteiger partial charge in [0.15, 0.2) is 5.09 Å². The highest BCUT2D eigenvalue weighted by atomic mass is 32.2. The van der Waals surface area contributed by atoms with E-state index < -0.39 is 10.9 Å². The Morgan fingerprint density at radius 2 is 1.95 bits per heavy atom. The first kappa shape index (κ1) is 13.2. The van der Waals surface area contributed by atoms with Crippen molar-refractivity contribution in [3.05, 3.63) is 57.8 Å².